The average Bonchev–Trinajstić information content (AvgIpc) is 2.98. The predicted molar refractivity (Wildman–Crippen MR) is 81.5 cm³/mol. The van der Waals surface area contributed by atoms with Crippen LogP contribution in [0.5, 0.6) is 0 Å². The second-order valence-corrected chi connectivity index (χ2v) is 4.98. The zero-order chi connectivity index (χ0) is 13.8. The van der Waals surface area contributed by atoms with E-state index in [1.807, 2.05) is 35.7 Å². The lowest BCUT2D eigenvalue weighted by molar-refractivity contribution is -0.111. The number of thiazole rings is 1. The van der Waals surface area contributed by atoms with E-state index in [1.54, 1.807) is 18.5 Å². The van der Waals surface area contributed by atoms with Gasteiger partial charge in [0, 0.05) is 34.8 Å². The van der Waals surface area contributed by atoms with Gasteiger partial charge in [-0.05, 0) is 12.1 Å². The molecule has 1 aromatic carbocycles. The van der Waals surface area contributed by atoms with Gasteiger partial charge in [0.25, 0.3) is 0 Å². The maximum Gasteiger partial charge on any atom is 0.250 e. The van der Waals surface area contributed by atoms with Crippen molar-refractivity contribution in [3.05, 3.63) is 59.7 Å². The van der Waals surface area contributed by atoms with E-state index in [-0.39, 0.29) is 5.91 Å². The topological polar surface area (TPSA) is 54.9 Å². The lowest BCUT2D eigenvalue weighted by Crippen LogP contribution is -2.07. The number of hydrogen-bond donors (Lipinski definition) is 1. The lowest BCUT2D eigenvalue weighted by atomic mass is 10.1. The molecule has 0 spiro atoms. The van der Waals surface area contributed by atoms with Crippen molar-refractivity contribution < 1.29 is 4.79 Å². The second-order valence-electron chi connectivity index (χ2n) is 4.08. The maximum atomic E-state index is 11.8. The standard InChI is InChI=1S/C15H11N3OS/c19-13(18-15-17-9-10-20-15)7-6-12-4-1-3-11-5-2-8-16-14(11)12/h1-10H,(H,17,18,19)/b7-6-. The summed E-state index contributed by atoms with van der Waals surface area (Å²) in [7, 11) is 0. The summed E-state index contributed by atoms with van der Waals surface area (Å²) >= 11 is 1.39. The van der Waals surface area contributed by atoms with E-state index in [0.29, 0.717) is 5.13 Å². The van der Waals surface area contributed by atoms with E-state index in [2.05, 4.69) is 15.3 Å². The highest BCUT2D eigenvalue weighted by molar-refractivity contribution is 7.13. The van der Waals surface area contributed by atoms with Crippen LogP contribution in [0.25, 0.3) is 17.0 Å². The molecular formula is C15H11N3OS. The highest BCUT2D eigenvalue weighted by atomic mass is 32.1. The minimum atomic E-state index is -0.201. The van der Waals surface area contributed by atoms with E-state index >= 15 is 0 Å². The average molecular weight is 281 g/mol. The van der Waals surface area contributed by atoms with E-state index in [0.717, 1.165) is 16.5 Å². The summed E-state index contributed by atoms with van der Waals surface area (Å²) in [6.45, 7) is 0. The van der Waals surface area contributed by atoms with E-state index in [1.165, 1.54) is 17.4 Å². The number of aromatic nitrogens is 2. The Kier molecular flexibility index (Phi) is 3.52. The molecule has 0 saturated heterocycles. The number of para-hydroxylation sites is 1. The molecule has 0 atom stereocenters. The van der Waals surface area contributed by atoms with Crippen molar-refractivity contribution >= 4 is 39.4 Å². The van der Waals surface area contributed by atoms with Crippen LogP contribution in [0, 0.1) is 0 Å². The van der Waals surface area contributed by atoms with Crippen LogP contribution in [-0.2, 0) is 4.79 Å². The number of benzene rings is 1. The van der Waals surface area contributed by atoms with Crippen LogP contribution in [-0.4, -0.2) is 15.9 Å². The smallest absolute Gasteiger partial charge is 0.250 e. The number of carbonyl (C=O) groups excluding carboxylic acids is 1. The van der Waals surface area contributed by atoms with Crippen LogP contribution in [0.4, 0.5) is 5.13 Å². The fourth-order valence-corrected chi connectivity index (χ4v) is 2.39. The number of hydrogen-bond acceptors (Lipinski definition) is 4. The van der Waals surface area contributed by atoms with Crippen molar-refractivity contribution in [2.24, 2.45) is 0 Å². The summed E-state index contributed by atoms with van der Waals surface area (Å²) in [5.74, 6) is -0.201. The molecule has 1 amide bonds. The highest BCUT2D eigenvalue weighted by Gasteiger charge is 2.01. The molecule has 2 heterocycles. The number of rotatable bonds is 3. The number of anilines is 1. The highest BCUT2D eigenvalue weighted by Crippen LogP contribution is 2.17. The number of carbonyl (C=O) groups is 1. The van der Waals surface area contributed by atoms with Crippen LogP contribution >= 0.6 is 11.3 Å². The second kappa shape index (κ2) is 5.63. The minimum Gasteiger partial charge on any atom is -0.298 e. The molecule has 4 nitrogen and oxygen atoms in total. The fourth-order valence-electron chi connectivity index (χ4n) is 1.86. The van der Waals surface area contributed by atoms with E-state index in [4.69, 9.17) is 0 Å². The van der Waals surface area contributed by atoms with Crippen LogP contribution in [0.2, 0.25) is 0 Å². The van der Waals surface area contributed by atoms with Crippen molar-refractivity contribution in [3.8, 4) is 0 Å². The third kappa shape index (κ3) is 2.73. The van der Waals surface area contributed by atoms with Gasteiger partial charge in [-0.1, -0.05) is 24.3 Å². The summed E-state index contributed by atoms with van der Waals surface area (Å²) in [4.78, 5) is 20.1. The molecule has 0 aliphatic rings. The quantitative estimate of drug-likeness (QED) is 0.749. The molecular weight excluding hydrogens is 270 g/mol. The molecule has 0 fully saturated rings. The Labute approximate surface area is 119 Å². The molecule has 0 saturated carbocycles. The van der Waals surface area contributed by atoms with Crippen molar-refractivity contribution in [1.82, 2.24) is 9.97 Å². The number of nitrogens with one attached hydrogen (secondary N) is 1. The van der Waals surface area contributed by atoms with Gasteiger partial charge in [0.2, 0.25) is 5.91 Å². The van der Waals surface area contributed by atoms with Gasteiger partial charge in [-0.25, -0.2) is 4.98 Å². The SMILES string of the molecule is O=C(/C=C\c1cccc2cccnc12)Nc1nccs1. The number of pyridine rings is 1. The molecule has 0 bridgehead atoms. The zero-order valence-corrected chi connectivity index (χ0v) is 11.3. The largest absolute Gasteiger partial charge is 0.298 e. The molecule has 5 heteroatoms. The molecule has 0 aliphatic carbocycles. The fraction of sp³-hybridized carbons (Fsp3) is 0. The van der Waals surface area contributed by atoms with Gasteiger partial charge >= 0.3 is 0 Å². The third-order valence-electron chi connectivity index (χ3n) is 2.74. The van der Waals surface area contributed by atoms with Crippen LogP contribution < -0.4 is 5.32 Å². The predicted octanol–water partition coefficient (Wildman–Crippen LogP) is 3.34. The van der Waals surface area contributed by atoms with Crippen molar-refractivity contribution in [3.63, 3.8) is 0 Å². The van der Waals surface area contributed by atoms with Gasteiger partial charge in [0.15, 0.2) is 5.13 Å². The Morgan fingerprint density at radius 2 is 2.05 bits per heavy atom. The van der Waals surface area contributed by atoms with Crippen LogP contribution in [0.3, 0.4) is 0 Å². The minimum absolute atomic E-state index is 0.201. The molecule has 98 valence electrons. The Morgan fingerprint density at radius 1 is 1.15 bits per heavy atom. The summed E-state index contributed by atoms with van der Waals surface area (Å²) < 4.78 is 0. The molecule has 1 N–H and O–H groups in total. The summed E-state index contributed by atoms with van der Waals surface area (Å²) in [5, 5.41) is 6.16. The normalized spacial score (nSPS) is 11.0. The van der Waals surface area contributed by atoms with Crippen molar-refractivity contribution in [2.45, 2.75) is 0 Å². The molecule has 2 aromatic heterocycles. The van der Waals surface area contributed by atoms with Gasteiger partial charge in [0.1, 0.15) is 0 Å². The van der Waals surface area contributed by atoms with E-state index in [9.17, 15) is 4.79 Å². The molecule has 20 heavy (non-hydrogen) atoms. The molecule has 0 aliphatic heterocycles. The van der Waals surface area contributed by atoms with E-state index < -0.39 is 0 Å². The first kappa shape index (κ1) is 12.5. The summed E-state index contributed by atoms with van der Waals surface area (Å²) in [6.07, 6.45) is 6.65. The first-order valence-corrected chi connectivity index (χ1v) is 6.93. The van der Waals surface area contributed by atoms with Gasteiger partial charge in [0.05, 0.1) is 5.52 Å². The van der Waals surface area contributed by atoms with Gasteiger partial charge in [-0.15, -0.1) is 11.3 Å². The van der Waals surface area contributed by atoms with Gasteiger partial charge in [-0.2, -0.15) is 0 Å². The third-order valence-corrected chi connectivity index (χ3v) is 3.43. The Bertz CT molecular complexity index is 760. The summed E-state index contributed by atoms with van der Waals surface area (Å²) in [6, 6.07) is 9.76. The maximum absolute atomic E-state index is 11.8. The number of fused-ring (bicyclic) bond motifs is 1. The van der Waals surface area contributed by atoms with Gasteiger partial charge < -0.3 is 0 Å². The molecule has 3 rings (SSSR count). The number of nitrogens with zero attached hydrogens (tertiary/aromatic N) is 2. The molecule has 3 aromatic rings. The summed E-state index contributed by atoms with van der Waals surface area (Å²) in [5.41, 5.74) is 1.80. The van der Waals surface area contributed by atoms with Crippen LogP contribution in [0.1, 0.15) is 5.56 Å². The lowest BCUT2D eigenvalue weighted by Gasteiger charge is -2.00. The Hall–Kier alpha value is -2.53. The van der Waals surface area contributed by atoms with Crippen molar-refractivity contribution in [1.29, 1.82) is 0 Å². The Morgan fingerprint density at radius 3 is 2.90 bits per heavy atom. The molecule has 0 radical (unpaired) electrons. The monoisotopic (exact) mass is 281 g/mol. The zero-order valence-electron chi connectivity index (χ0n) is 10.5. The van der Waals surface area contributed by atoms with Gasteiger partial charge in [-0.3, -0.25) is 15.1 Å². The number of amides is 1. The van der Waals surface area contributed by atoms with Crippen LogP contribution in [0.15, 0.2) is 54.2 Å². The van der Waals surface area contributed by atoms with Crippen molar-refractivity contribution in [2.75, 3.05) is 5.32 Å². The molecule has 0 unspecified atom stereocenters. The first-order chi connectivity index (χ1) is 9.83. The first-order valence-electron chi connectivity index (χ1n) is 6.05. The Balaban J connectivity index is 1.82.